The molecule has 134 valence electrons. The minimum Gasteiger partial charge on any atom is -0.378 e. The average Bonchev–Trinajstić information content (AvgIpc) is 3.28. The molecule has 0 atom stereocenters. The van der Waals surface area contributed by atoms with E-state index in [0.29, 0.717) is 6.54 Å². The first-order valence-corrected chi connectivity index (χ1v) is 9.29. The molecule has 0 unspecified atom stereocenters. The predicted octanol–water partition coefficient (Wildman–Crippen LogP) is 3.49. The highest BCUT2D eigenvalue weighted by atomic mass is 16.5. The molecular formula is C22H20N4O. The van der Waals surface area contributed by atoms with Crippen molar-refractivity contribution in [2.24, 2.45) is 4.99 Å². The van der Waals surface area contributed by atoms with Crippen LogP contribution in [0.2, 0.25) is 0 Å². The average molecular weight is 356 g/mol. The van der Waals surface area contributed by atoms with Crippen LogP contribution in [0.5, 0.6) is 0 Å². The quantitative estimate of drug-likeness (QED) is 0.721. The maximum Gasteiger partial charge on any atom is 0.130 e. The fourth-order valence-corrected chi connectivity index (χ4v) is 3.66. The third-order valence-electron chi connectivity index (χ3n) is 5.02. The van der Waals surface area contributed by atoms with E-state index in [1.54, 1.807) is 0 Å². The van der Waals surface area contributed by atoms with Gasteiger partial charge in [0.05, 0.1) is 25.5 Å². The Morgan fingerprint density at radius 2 is 1.85 bits per heavy atom. The molecule has 1 fully saturated rings. The van der Waals surface area contributed by atoms with Crippen LogP contribution in [0.3, 0.4) is 0 Å². The van der Waals surface area contributed by atoms with Gasteiger partial charge >= 0.3 is 0 Å². The molecule has 2 aromatic heterocycles. The van der Waals surface area contributed by atoms with E-state index < -0.39 is 0 Å². The number of anilines is 1. The number of benzene rings is 1. The summed E-state index contributed by atoms with van der Waals surface area (Å²) < 4.78 is 5.52. The lowest BCUT2D eigenvalue weighted by atomic mass is 10.00. The first kappa shape index (κ1) is 16.1. The van der Waals surface area contributed by atoms with Crippen LogP contribution in [-0.2, 0) is 4.74 Å². The normalized spacial score (nSPS) is 16.7. The minimum absolute atomic E-state index is 0.710. The van der Waals surface area contributed by atoms with Gasteiger partial charge < -0.3 is 9.64 Å². The van der Waals surface area contributed by atoms with Crippen molar-refractivity contribution >= 4 is 22.4 Å². The molecule has 0 amide bonds. The van der Waals surface area contributed by atoms with Gasteiger partial charge in [0.1, 0.15) is 17.0 Å². The van der Waals surface area contributed by atoms with E-state index in [4.69, 9.17) is 9.72 Å². The van der Waals surface area contributed by atoms with Gasteiger partial charge in [0.2, 0.25) is 0 Å². The maximum absolute atomic E-state index is 5.52. The Labute approximate surface area is 158 Å². The van der Waals surface area contributed by atoms with Crippen molar-refractivity contribution in [1.82, 2.24) is 9.97 Å². The SMILES string of the molecule is C1=CC(c2nccc3c(-c4ccccc4)cc(N4CCOCC4)nc23)=NC1. The van der Waals surface area contributed by atoms with Gasteiger partial charge in [-0.15, -0.1) is 0 Å². The summed E-state index contributed by atoms with van der Waals surface area (Å²) in [4.78, 5) is 16.5. The fraction of sp³-hybridized carbons (Fsp3) is 0.227. The highest BCUT2D eigenvalue weighted by Gasteiger charge is 2.19. The minimum atomic E-state index is 0.710. The molecule has 0 spiro atoms. The third kappa shape index (κ3) is 3.00. The van der Waals surface area contributed by atoms with Crippen molar-refractivity contribution < 1.29 is 4.74 Å². The lowest BCUT2D eigenvalue weighted by Gasteiger charge is -2.28. The Morgan fingerprint density at radius 1 is 1.00 bits per heavy atom. The molecule has 0 radical (unpaired) electrons. The van der Waals surface area contributed by atoms with Crippen molar-refractivity contribution in [3.8, 4) is 11.1 Å². The second kappa shape index (κ2) is 6.93. The number of aliphatic imine (C=N–C) groups is 1. The number of nitrogens with zero attached hydrogens (tertiary/aromatic N) is 4. The van der Waals surface area contributed by atoms with Gasteiger partial charge in [0.15, 0.2) is 0 Å². The first-order chi connectivity index (χ1) is 13.4. The monoisotopic (exact) mass is 356 g/mol. The van der Waals surface area contributed by atoms with E-state index in [1.165, 1.54) is 11.1 Å². The maximum atomic E-state index is 5.52. The zero-order chi connectivity index (χ0) is 18.1. The lowest BCUT2D eigenvalue weighted by Crippen LogP contribution is -2.36. The van der Waals surface area contributed by atoms with Crippen LogP contribution in [0.1, 0.15) is 5.69 Å². The van der Waals surface area contributed by atoms with E-state index >= 15 is 0 Å². The Hall–Kier alpha value is -3.05. The Kier molecular flexibility index (Phi) is 4.14. The van der Waals surface area contributed by atoms with Crippen LogP contribution in [0.15, 0.2) is 65.8 Å². The van der Waals surface area contributed by atoms with Gasteiger partial charge in [-0.3, -0.25) is 9.98 Å². The van der Waals surface area contributed by atoms with E-state index in [0.717, 1.165) is 54.4 Å². The van der Waals surface area contributed by atoms with E-state index in [9.17, 15) is 0 Å². The number of morpholine rings is 1. The summed E-state index contributed by atoms with van der Waals surface area (Å²) in [5, 5.41) is 1.10. The summed E-state index contributed by atoms with van der Waals surface area (Å²) in [6.07, 6.45) is 5.95. The Bertz CT molecular complexity index is 1040. The molecule has 1 aromatic carbocycles. The number of ether oxygens (including phenoxy) is 1. The molecule has 0 saturated carbocycles. The third-order valence-corrected chi connectivity index (χ3v) is 5.02. The molecule has 27 heavy (non-hydrogen) atoms. The molecule has 3 aromatic rings. The van der Waals surface area contributed by atoms with Crippen LogP contribution in [0.4, 0.5) is 5.82 Å². The molecule has 0 bridgehead atoms. The Morgan fingerprint density at radius 3 is 2.63 bits per heavy atom. The van der Waals surface area contributed by atoms with Gasteiger partial charge in [-0.25, -0.2) is 4.98 Å². The number of aromatic nitrogens is 2. The van der Waals surface area contributed by atoms with Crippen molar-refractivity contribution in [3.63, 3.8) is 0 Å². The highest BCUT2D eigenvalue weighted by Crippen LogP contribution is 2.33. The topological polar surface area (TPSA) is 50.6 Å². The molecular weight excluding hydrogens is 336 g/mol. The second-order valence-corrected chi connectivity index (χ2v) is 6.68. The van der Waals surface area contributed by atoms with Crippen molar-refractivity contribution in [1.29, 1.82) is 0 Å². The van der Waals surface area contributed by atoms with Gasteiger partial charge in [0, 0.05) is 24.7 Å². The smallest absolute Gasteiger partial charge is 0.130 e. The molecule has 0 N–H and O–H groups in total. The number of hydrogen-bond acceptors (Lipinski definition) is 5. The molecule has 5 rings (SSSR count). The standard InChI is InChI=1S/C22H20N4O/c1-2-5-16(6-3-1)18-15-20(26-11-13-27-14-12-26)25-21-17(18)8-10-24-22(21)19-7-4-9-23-19/h1-8,10,15H,9,11-14H2. The van der Waals surface area contributed by atoms with E-state index in [1.807, 2.05) is 18.3 Å². The van der Waals surface area contributed by atoms with Crippen LogP contribution in [0.25, 0.3) is 22.0 Å². The zero-order valence-corrected chi connectivity index (χ0v) is 15.0. The van der Waals surface area contributed by atoms with Gasteiger partial charge in [0.25, 0.3) is 0 Å². The van der Waals surface area contributed by atoms with Crippen LogP contribution in [0, 0.1) is 0 Å². The molecule has 1 saturated heterocycles. The first-order valence-electron chi connectivity index (χ1n) is 9.29. The lowest BCUT2D eigenvalue weighted by molar-refractivity contribution is 0.122. The number of allylic oxidation sites excluding steroid dienone is 1. The van der Waals surface area contributed by atoms with Crippen molar-refractivity contribution in [2.75, 3.05) is 37.7 Å². The molecule has 2 aliphatic heterocycles. The molecule has 0 aliphatic carbocycles. The summed E-state index contributed by atoms with van der Waals surface area (Å²) in [5.74, 6) is 0.974. The molecule has 5 nitrogen and oxygen atoms in total. The van der Waals surface area contributed by atoms with Crippen LogP contribution < -0.4 is 4.90 Å². The summed E-state index contributed by atoms with van der Waals surface area (Å²) >= 11 is 0. The van der Waals surface area contributed by atoms with Crippen LogP contribution >= 0.6 is 0 Å². The van der Waals surface area contributed by atoms with Gasteiger partial charge in [-0.2, -0.15) is 0 Å². The van der Waals surface area contributed by atoms with Gasteiger partial charge in [-0.1, -0.05) is 36.4 Å². The fourth-order valence-electron chi connectivity index (χ4n) is 3.66. The number of pyridine rings is 2. The summed E-state index contributed by atoms with van der Waals surface area (Å²) in [6.45, 7) is 3.87. The van der Waals surface area contributed by atoms with Gasteiger partial charge in [-0.05, 0) is 29.3 Å². The number of rotatable bonds is 3. The molecule has 2 aliphatic rings. The van der Waals surface area contributed by atoms with Crippen LogP contribution in [-0.4, -0.2) is 48.5 Å². The van der Waals surface area contributed by atoms with Crippen molar-refractivity contribution in [2.45, 2.75) is 0 Å². The zero-order valence-electron chi connectivity index (χ0n) is 15.0. The summed E-state index contributed by atoms with van der Waals surface area (Å²) in [7, 11) is 0. The summed E-state index contributed by atoms with van der Waals surface area (Å²) in [5.41, 5.74) is 5.03. The number of hydrogen-bond donors (Lipinski definition) is 0. The number of fused-ring (bicyclic) bond motifs is 1. The molecule has 5 heteroatoms. The Balaban J connectivity index is 1.76. The van der Waals surface area contributed by atoms with E-state index in [-0.39, 0.29) is 0 Å². The second-order valence-electron chi connectivity index (χ2n) is 6.68. The summed E-state index contributed by atoms with van der Waals surface area (Å²) in [6, 6.07) is 14.7. The predicted molar refractivity (Wildman–Crippen MR) is 109 cm³/mol. The molecule has 4 heterocycles. The van der Waals surface area contributed by atoms with E-state index in [2.05, 4.69) is 57.4 Å². The van der Waals surface area contributed by atoms with Crippen molar-refractivity contribution in [3.05, 3.63) is 66.5 Å². The highest BCUT2D eigenvalue weighted by molar-refractivity contribution is 6.16. The largest absolute Gasteiger partial charge is 0.378 e.